The second-order valence-corrected chi connectivity index (χ2v) is 5.30. The zero-order valence-electron chi connectivity index (χ0n) is 10.7. The van der Waals surface area contributed by atoms with Gasteiger partial charge in [-0.3, -0.25) is 15.1 Å². The second-order valence-electron chi connectivity index (χ2n) is 5.30. The second kappa shape index (κ2) is 5.48. The van der Waals surface area contributed by atoms with Crippen LogP contribution in [0, 0.1) is 5.92 Å². The van der Waals surface area contributed by atoms with Crippen molar-refractivity contribution >= 4 is 5.97 Å². The molecule has 1 heterocycles. The molecule has 2 unspecified atom stereocenters. The van der Waals surface area contributed by atoms with Gasteiger partial charge in [-0.1, -0.05) is 25.8 Å². The molecule has 0 spiro atoms. The maximum absolute atomic E-state index is 11.6. The highest BCUT2D eigenvalue weighted by molar-refractivity contribution is 5.79. The fraction of sp³-hybridized carbons (Fsp3) is 0.571. The van der Waals surface area contributed by atoms with Crippen LogP contribution >= 0.6 is 0 Å². The summed E-state index contributed by atoms with van der Waals surface area (Å²) in [4.78, 5) is 15.6. The Hall–Kier alpha value is -1.42. The van der Waals surface area contributed by atoms with Crippen LogP contribution in [0.1, 0.15) is 38.2 Å². The molecule has 1 fully saturated rings. The SMILES string of the molecule is CC1CCCC(NCc2cccnc2)(C(=O)O)C1. The van der Waals surface area contributed by atoms with E-state index < -0.39 is 11.5 Å². The molecule has 0 saturated heterocycles. The van der Waals surface area contributed by atoms with Gasteiger partial charge in [-0.2, -0.15) is 0 Å². The van der Waals surface area contributed by atoms with Gasteiger partial charge in [-0.25, -0.2) is 0 Å². The topological polar surface area (TPSA) is 62.2 Å². The summed E-state index contributed by atoms with van der Waals surface area (Å²) in [6.07, 6.45) is 7.03. The number of nitrogens with zero attached hydrogens (tertiary/aromatic N) is 1. The zero-order chi connectivity index (χ0) is 13.0. The molecule has 0 aliphatic heterocycles. The van der Waals surface area contributed by atoms with E-state index in [0.717, 1.165) is 18.4 Å². The first-order valence-corrected chi connectivity index (χ1v) is 6.50. The molecule has 0 bridgehead atoms. The predicted octanol–water partition coefficient (Wildman–Crippen LogP) is 2.20. The average Bonchev–Trinajstić information content (AvgIpc) is 2.37. The summed E-state index contributed by atoms with van der Waals surface area (Å²) in [5, 5.41) is 12.7. The number of pyridine rings is 1. The normalized spacial score (nSPS) is 27.9. The van der Waals surface area contributed by atoms with Crippen molar-refractivity contribution in [1.82, 2.24) is 10.3 Å². The molecule has 2 N–H and O–H groups in total. The number of hydrogen-bond donors (Lipinski definition) is 2. The molecule has 1 aromatic rings. The third kappa shape index (κ3) is 2.88. The van der Waals surface area contributed by atoms with Gasteiger partial charge in [0, 0.05) is 18.9 Å². The first kappa shape index (κ1) is 13.0. The summed E-state index contributed by atoms with van der Waals surface area (Å²) in [6.45, 7) is 2.69. The van der Waals surface area contributed by atoms with Gasteiger partial charge in [0.1, 0.15) is 5.54 Å². The van der Waals surface area contributed by atoms with Crippen molar-refractivity contribution in [2.75, 3.05) is 0 Å². The molecule has 4 heteroatoms. The van der Waals surface area contributed by atoms with Crippen LogP contribution in [0.15, 0.2) is 24.5 Å². The minimum absolute atomic E-state index is 0.469. The zero-order valence-corrected chi connectivity index (χ0v) is 10.7. The highest BCUT2D eigenvalue weighted by atomic mass is 16.4. The Morgan fingerprint density at radius 1 is 1.67 bits per heavy atom. The van der Waals surface area contributed by atoms with Crippen molar-refractivity contribution in [3.05, 3.63) is 30.1 Å². The van der Waals surface area contributed by atoms with E-state index in [4.69, 9.17) is 0 Å². The standard InChI is InChI=1S/C14H20N2O2/c1-11-4-2-6-14(8-11,13(17)18)16-10-12-5-3-7-15-9-12/h3,5,7,9,11,16H,2,4,6,8,10H2,1H3,(H,17,18). The Balaban J connectivity index is 2.05. The van der Waals surface area contributed by atoms with Crippen molar-refractivity contribution in [3.63, 3.8) is 0 Å². The third-order valence-corrected chi connectivity index (χ3v) is 3.76. The van der Waals surface area contributed by atoms with Gasteiger partial charge >= 0.3 is 5.97 Å². The van der Waals surface area contributed by atoms with Crippen LogP contribution in [0.25, 0.3) is 0 Å². The average molecular weight is 248 g/mol. The largest absolute Gasteiger partial charge is 0.480 e. The maximum Gasteiger partial charge on any atom is 0.323 e. The summed E-state index contributed by atoms with van der Waals surface area (Å²) >= 11 is 0. The fourth-order valence-electron chi connectivity index (χ4n) is 2.76. The molecule has 2 rings (SSSR count). The number of aliphatic carboxylic acids is 1. The molecule has 0 radical (unpaired) electrons. The summed E-state index contributed by atoms with van der Waals surface area (Å²) in [7, 11) is 0. The van der Waals surface area contributed by atoms with Crippen LogP contribution in [0.2, 0.25) is 0 Å². The van der Waals surface area contributed by atoms with Crippen LogP contribution in [-0.4, -0.2) is 21.6 Å². The third-order valence-electron chi connectivity index (χ3n) is 3.76. The van der Waals surface area contributed by atoms with Crippen LogP contribution in [-0.2, 0) is 11.3 Å². The summed E-state index contributed by atoms with van der Waals surface area (Å²) in [6, 6.07) is 3.83. The Morgan fingerprint density at radius 2 is 2.50 bits per heavy atom. The minimum atomic E-state index is -0.756. The number of rotatable bonds is 4. The molecule has 1 aliphatic rings. The van der Waals surface area contributed by atoms with Crippen molar-refractivity contribution in [1.29, 1.82) is 0 Å². The van der Waals surface area contributed by atoms with E-state index in [1.807, 2.05) is 12.1 Å². The van der Waals surface area contributed by atoms with Gasteiger partial charge in [0.05, 0.1) is 0 Å². The monoisotopic (exact) mass is 248 g/mol. The molecule has 2 atom stereocenters. The van der Waals surface area contributed by atoms with E-state index in [9.17, 15) is 9.90 Å². The Kier molecular flexibility index (Phi) is 3.97. The lowest BCUT2D eigenvalue weighted by Gasteiger charge is -2.37. The summed E-state index contributed by atoms with van der Waals surface area (Å²) in [5.74, 6) is -0.255. The van der Waals surface area contributed by atoms with Crippen molar-refractivity contribution in [2.45, 2.75) is 44.7 Å². The lowest BCUT2D eigenvalue weighted by molar-refractivity contribution is -0.147. The smallest absolute Gasteiger partial charge is 0.323 e. The molecule has 1 aliphatic carbocycles. The maximum atomic E-state index is 11.6. The van der Waals surface area contributed by atoms with Crippen LogP contribution in [0.3, 0.4) is 0 Å². The van der Waals surface area contributed by atoms with Crippen molar-refractivity contribution < 1.29 is 9.90 Å². The lowest BCUT2D eigenvalue weighted by atomic mass is 9.76. The molecule has 0 amide bonds. The molecular weight excluding hydrogens is 228 g/mol. The number of hydrogen-bond acceptors (Lipinski definition) is 3. The van der Waals surface area contributed by atoms with Gasteiger partial charge in [0.25, 0.3) is 0 Å². The highest BCUT2D eigenvalue weighted by Crippen LogP contribution is 2.32. The van der Waals surface area contributed by atoms with E-state index >= 15 is 0 Å². The number of aromatic nitrogens is 1. The quantitative estimate of drug-likeness (QED) is 0.857. The first-order valence-electron chi connectivity index (χ1n) is 6.50. The van der Waals surface area contributed by atoms with Crippen molar-refractivity contribution in [2.24, 2.45) is 5.92 Å². The van der Waals surface area contributed by atoms with Gasteiger partial charge in [0.2, 0.25) is 0 Å². The highest BCUT2D eigenvalue weighted by Gasteiger charge is 2.41. The molecular formula is C14H20N2O2. The molecule has 18 heavy (non-hydrogen) atoms. The number of carboxylic acid groups (broad SMARTS) is 1. The van der Waals surface area contributed by atoms with E-state index in [1.54, 1.807) is 12.4 Å². The van der Waals surface area contributed by atoms with E-state index in [1.165, 1.54) is 0 Å². The summed E-state index contributed by atoms with van der Waals surface area (Å²) in [5.41, 5.74) is 0.268. The molecule has 98 valence electrons. The number of carboxylic acids is 1. The predicted molar refractivity (Wildman–Crippen MR) is 69.1 cm³/mol. The van der Waals surface area contributed by atoms with Crippen LogP contribution < -0.4 is 5.32 Å². The molecule has 4 nitrogen and oxygen atoms in total. The lowest BCUT2D eigenvalue weighted by Crippen LogP contribution is -2.54. The van der Waals surface area contributed by atoms with Gasteiger partial charge in [-0.15, -0.1) is 0 Å². The van der Waals surface area contributed by atoms with Crippen molar-refractivity contribution in [3.8, 4) is 0 Å². The van der Waals surface area contributed by atoms with Gasteiger partial charge in [0.15, 0.2) is 0 Å². The molecule has 1 aromatic heterocycles. The Labute approximate surface area is 107 Å². The van der Waals surface area contributed by atoms with Gasteiger partial charge in [-0.05, 0) is 30.4 Å². The van der Waals surface area contributed by atoms with E-state index in [-0.39, 0.29) is 0 Å². The Bertz CT molecular complexity index is 408. The molecule has 1 saturated carbocycles. The van der Waals surface area contributed by atoms with Crippen LogP contribution in [0.4, 0.5) is 0 Å². The fourth-order valence-corrected chi connectivity index (χ4v) is 2.76. The van der Waals surface area contributed by atoms with E-state index in [2.05, 4.69) is 17.2 Å². The minimum Gasteiger partial charge on any atom is -0.480 e. The molecule has 0 aromatic carbocycles. The first-order chi connectivity index (χ1) is 8.62. The summed E-state index contributed by atoms with van der Waals surface area (Å²) < 4.78 is 0. The van der Waals surface area contributed by atoms with Crippen LogP contribution in [0.5, 0.6) is 0 Å². The number of nitrogens with one attached hydrogen (secondary N) is 1. The van der Waals surface area contributed by atoms with E-state index in [0.29, 0.717) is 25.3 Å². The number of carbonyl (C=O) groups is 1. The Morgan fingerprint density at radius 3 is 3.11 bits per heavy atom. The van der Waals surface area contributed by atoms with Gasteiger partial charge < -0.3 is 5.11 Å².